The maximum Gasteiger partial charge on any atom is 0.483 e. The average molecular weight is 589 g/mol. The van der Waals surface area contributed by atoms with Crippen LogP contribution >= 0.6 is 15.6 Å². The summed E-state index contributed by atoms with van der Waals surface area (Å²) in [5, 5.41) is 50.0. The summed E-state index contributed by atoms with van der Waals surface area (Å²) in [5.41, 5.74) is 4.59. The van der Waals surface area contributed by atoms with Gasteiger partial charge in [0, 0.05) is 0 Å². The lowest BCUT2D eigenvalue weighted by molar-refractivity contribution is -0.271. The number of hydrogen-bond donors (Lipinski definition) is 9. The molecule has 0 radical (unpaired) electrons. The zero-order valence-electron chi connectivity index (χ0n) is 19.2. The highest BCUT2D eigenvalue weighted by atomic mass is 31.3. The molecular weight excluding hydrogens is 564 g/mol. The molecule has 4 heterocycles. The Bertz CT molecular complexity index is 1320. The number of imidazole rings is 1. The van der Waals surface area contributed by atoms with Gasteiger partial charge in [-0.05, 0) is 6.92 Å². The summed E-state index contributed by atoms with van der Waals surface area (Å²) in [6.07, 6.45) is -13.8. The molecule has 0 aromatic carbocycles. The molecule has 2 aromatic rings. The van der Waals surface area contributed by atoms with E-state index in [4.69, 9.17) is 15.2 Å². The van der Waals surface area contributed by atoms with E-state index in [1.165, 1.54) is 6.92 Å². The van der Waals surface area contributed by atoms with Crippen molar-refractivity contribution < 1.29 is 67.3 Å². The van der Waals surface area contributed by atoms with Crippen molar-refractivity contribution in [3.63, 3.8) is 0 Å². The Kier molecular flexibility index (Phi) is 8.12. The molecule has 2 fully saturated rings. The van der Waals surface area contributed by atoms with Crippen molar-refractivity contribution >= 4 is 32.8 Å². The minimum Gasteiger partial charge on any atom is -0.388 e. The fraction of sp³-hybridized carbons (Fsp3) is 0.688. The SMILES string of the molecule is CC1O[C@H](OP(=O)(O)OP(=O)(O)OC[C@H]2O[C@@H](n3cnc4c(=O)[nH]c(N)nc43)C(O)C2O)[C@@H](O)C(O)[C@@H]1O. The number of aliphatic hydroxyl groups is 5. The van der Waals surface area contributed by atoms with Crippen LogP contribution in [0.3, 0.4) is 0 Å². The van der Waals surface area contributed by atoms with E-state index in [1.807, 2.05) is 0 Å². The van der Waals surface area contributed by atoms with Crippen molar-refractivity contribution in [1.82, 2.24) is 19.5 Å². The highest BCUT2D eigenvalue weighted by molar-refractivity contribution is 7.61. The summed E-state index contributed by atoms with van der Waals surface area (Å²) in [5.74, 6) is -0.266. The van der Waals surface area contributed by atoms with Crippen LogP contribution in [0.2, 0.25) is 0 Å². The van der Waals surface area contributed by atoms with E-state index in [2.05, 4.69) is 28.3 Å². The van der Waals surface area contributed by atoms with Crippen molar-refractivity contribution in [3.05, 3.63) is 16.7 Å². The van der Waals surface area contributed by atoms with E-state index in [9.17, 15) is 49.2 Å². The third-order valence-corrected chi connectivity index (χ3v) is 8.32. The topological polar surface area (TPSA) is 311 Å². The molecule has 214 valence electrons. The van der Waals surface area contributed by atoms with Gasteiger partial charge in [0.25, 0.3) is 5.56 Å². The van der Waals surface area contributed by atoms with Crippen LogP contribution in [0.5, 0.6) is 0 Å². The number of aliphatic hydroxyl groups excluding tert-OH is 5. The zero-order chi connectivity index (χ0) is 28.2. The Hall–Kier alpha value is -1.87. The molecule has 4 rings (SSSR count). The lowest BCUT2D eigenvalue weighted by atomic mass is 10.0. The van der Waals surface area contributed by atoms with Gasteiger partial charge in [0.05, 0.1) is 19.0 Å². The third-order valence-electron chi connectivity index (χ3n) is 5.72. The summed E-state index contributed by atoms with van der Waals surface area (Å²) in [4.78, 5) is 41.7. The molecule has 0 aliphatic carbocycles. The quantitative estimate of drug-likeness (QED) is 0.134. The Morgan fingerprint density at radius 1 is 1.05 bits per heavy atom. The summed E-state index contributed by atoms with van der Waals surface area (Å²) in [6, 6.07) is 0. The summed E-state index contributed by atoms with van der Waals surface area (Å²) in [6.45, 7) is 0.291. The van der Waals surface area contributed by atoms with Gasteiger partial charge in [-0.3, -0.25) is 23.4 Å². The van der Waals surface area contributed by atoms with Gasteiger partial charge in [0.2, 0.25) is 5.95 Å². The second-order valence-electron chi connectivity index (χ2n) is 8.42. The Morgan fingerprint density at radius 2 is 1.74 bits per heavy atom. The molecule has 20 nitrogen and oxygen atoms in total. The third kappa shape index (κ3) is 5.83. The van der Waals surface area contributed by atoms with E-state index in [0.29, 0.717) is 0 Å². The molecule has 2 aromatic heterocycles. The first-order valence-corrected chi connectivity index (χ1v) is 13.7. The molecule has 10 N–H and O–H groups in total. The number of rotatable bonds is 8. The minimum atomic E-state index is -5.50. The van der Waals surface area contributed by atoms with E-state index >= 15 is 0 Å². The lowest BCUT2D eigenvalue weighted by Crippen LogP contribution is -2.57. The second-order valence-corrected chi connectivity index (χ2v) is 11.4. The van der Waals surface area contributed by atoms with Gasteiger partial charge < -0.3 is 50.5 Å². The molecule has 0 spiro atoms. The van der Waals surface area contributed by atoms with Gasteiger partial charge in [0.15, 0.2) is 23.7 Å². The Labute approximate surface area is 211 Å². The molecular formula is C16H25N5O15P2. The van der Waals surface area contributed by atoms with E-state index < -0.39 is 83.1 Å². The number of phosphoric ester groups is 2. The van der Waals surface area contributed by atoms with Crippen molar-refractivity contribution in [2.45, 2.75) is 62.2 Å². The lowest BCUT2D eigenvalue weighted by Gasteiger charge is -2.38. The highest BCUT2D eigenvalue weighted by Gasteiger charge is 2.49. The van der Waals surface area contributed by atoms with Crippen LogP contribution in [0.25, 0.3) is 11.2 Å². The molecule has 0 amide bonds. The number of nitrogens with two attached hydrogens (primary N) is 1. The highest BCUT2D eigenvalue weighted by Crippen LogP contribution is 2.61. The predicted molar refractivity (Wildman–Crippen MR) is 119 cm³/mol. The standard InChI is InChI=1S/C16H25N5O15P2/c1-4-7(22)9(24)11(26)15(33-4)35-38(30,31)36-37(28,29)32-2-5-8(23)10(25)14(34-5)21-3-18-6-12(21)19-16(17)20-13(6)27/h3-5,7-11,14-15,22-26H,2H2,1H3,(H,28,29)(H,30,31)(H3,17,19,20,27)/t4?,5-,7-,8?,9?,10?,11+,14-,15-/m1/s1. The number of nitrogen functional groups attached to an aromatic ring is 1. The number of nitrogens with one attached hydrogen (secondary N) is 1. The van der Waals surface area contributed by atoms with Crippen molar-refractivity contribution in [2.75, 3.05) is 12.3 Å². The van der Waals surface area contributed by atoms with Crippen molar-refractivity contribution in [3.8, 4) is 0 Å². The van der Waals surface area contributed by atoms with Crippen LogP contribution in [0, 0.1) is 0 Å². The van der Waals surface area contributed by atoms with Crippen LogP contribution in [0.15, 0.2) is 11.1 Å². The number of H-pyrrole nitrogens is 1. The van der Waals surface area contributed by atoms with Crippen LogP contribution in [-0.4, -0.2) is 110 Å². The molecule has 2 saturated heterocycles. The number of aromatic amines is 1. The largest absolute Gasteiger partial charge is 0.483 e. The summed E-state index contributed by atoms with van der Waals surface area (Å²) in [7, 11) is -10.9. The van der Waals surface area contributed by atoms with Crippen molar-refractivity contribution in [1.29, 1.82) is 0 Å². The first kappa shape index (κ1) is 29.1. The molecule has 6 unspecified atom stereocenters. The molecule has 22 heteroatoms. The number of phosphoric acid groups is 2. The summed E-state index contributed by atoms with van der Waals surface area (Å²) < 4.78 is 49.3. The van der Waals surface area contributed by atoms with Crippen molar-refractivity contribution in [2.24, 2.45) is 0 Å². The molecule has 2 aliphatic heterocycles. The first-order chi connectivity index (χ1) is 17.6. The van der Waals surface area contributed by atoms with Gasteiger partial charge in [-0.25, -0.2) is 14.1 Å². The molecule has 2 aliphatic rings. The first-order valence-electron chi connectivity index (χ1n) is 10.7. The molecule has 38 heavy (non-hydrogen) atoms. The van der Waals surface area contributed by atoms with E-state index in [0.717, 1.165) is 10.9 Å². The smallest absolute Gasteiger partial charge is 0.388 e. The fourth-order valence-electron chi connectivity index (χ4n) is 3.80. The van der Waals surface area contributed by atoms with Gasteiger partial charge in [-0.15, -0.1) is 0 Å². The van der Waals surface area contributed by atoms with Crippen LogP contribution < -0.4 is 11.3 Å². The van der Waals surface area contributed by atoms with Gasteiger partial charge in [-0.2, -0.15) is 9.29 Å². The van der Waals surface area contributed by atoms with Gasteiger partial charge in [-0.1, -0.05) is 0 Å². The van der Waals surface area contributed by atoms with Gasteiger partial charge >= 0.3 is 15.6 Å². The number of hydrogen-bond acceptors (Lipinski definition) is 16. The van der Waals surface area contributed by atoms with Crippen LogP contribution in [-0.2, 0) is 32.0 Å². The predicted octanol–water partition coefficient (Wildman–Crippen LogP) is -3.60. The molecule has 11 atom stereocenters. The number of anilines is 1. The number of nitrogens with zero attached hydrogens (tertiary/aromatic N) is 3. The Balaban J connectivity index is 1.39. The normalized spacial score (nSPS) is 37.2. The maximum absolute atomic E-state index is 12.3. The monoisotopic (exact) mass is 589 g/mol. The van der Waals surface area contributed by atoms with E-state index in [-0.39, 0.29) is 17.1 Å². The van der Waals surface area contributed by atoms with Gasteiger partial charge in [0.1, 0.15) is 36.6 Å². The Morgan fingerprint density at radius 3 is 2.42 bits per heavy atom. The maximum atomic E-state index is 12.3. The van der Waals surface area contributed by atoms with Crippen LogP contribution in [0.1, 0.15) is 13.2 Å². The second kappa shape index (κ2) is 10.6. The van der Waals surface area contributed by atoms with Crippen LogP contribution in [0.4, 0.5) is 5.95 Å². The molecule has 0 bridgehead atoms. The molecule has 0 saturated carbocycles. The van der Waals surface area contributed by atoms with E-state index in [1.54, 1.807) is 0 Å². The number of ether oxygens (including phenoxy) is 2. The minimum absolute atomic E-state index is 0.0994. The zero-order valence-corrected chi connectivity index (χ0v) is 21.0. The summed E-state index contributed by atoms with van der Waals surface area (Å²) >= 11 is 0. The fourth-order valence-corrected chi connectivity index (χ4v) is 5.96. The number of aromatic nitrogens is 4. The average Bonchev–Trinajstić information content (AvgIpc) is 3.35. The number of fused-ring (bicyclic) bond motifs is 1.